The van der Waals surface area contributed by atoms with Crippen LogP contribution in [0.25, 0.3) is 10.9 Å². The molecule has 2 aromatic carbocycles. The van der Waals surface area contributed by atoms with E-state index in [2.05, 4.69) is 11.1 Å². The molecular weight excluding hydrogens is 460 g/mol. The number of fused-ring (bicyclic) bond motifs is 3. The fourth-order valence-electron chi connectivity index (χ4n) is 4.90. The van der Waals surface area contributed by atoms with Crippen LogP contribution in [0.3, 0.4) is 0 Å². The zero-order valence-electron chi connectivity index (χ0n) is 20.0. The van der Waals surface area contributed by atoms with Gasteiger partial charge in [0.15, 0.2) is 5.76 Å². The summed E-state index contributed by atoms with van der Waals surface area (Å²) in [4.78, 5) is 42.9. The van der Waals surface area contributed by atoms with Crippen molar-refractivity contribution in [1.82, 2.24) is 9.88 Å². The molecule has 1 amide bonds. The van der Waals surface area contributed by atoms with Crippen molar-refractivity contribution in [3.05, 3.63) is 98.7 Å². The first-order valence-corrected chi connectivity index (χ1v) is 11.7. The maximum Gasteiger partial charge on any atom is 0.337 e. The van der Waals surface area contributed by atoms with E-state index in [1.807, 2.05) is 18.2 Å². The van der Waals surface area contributed by atoms with Crippen molar-refractivity contribution in [2.75, 3.05) is 13.7 Å². The Hall–Kier alpha value is -4.33. The number of nitrogens with one attached hydrogen (secondary N) is 1. The third kappa shape index (κ3) is 4.26. The topological polar surface area (TPSA) is 113 Å². The Balaban J connectivity index is 1.46. The molecule has 8 heteroatoms. The van der Waals surface area contributed by atoms with E-state index in [4.69, 9.17) is 9.15 Å². The summed E-state index contributed by atoms with van der Waals surface area (Å²) in [7, 11) is 1.30. The van der Waals surface area contributed by atoms with E-state index < -0.39 is 23.1 Å². The van der Waals surface area contributed by atoms with Crippen molar-refractivity contribution >= 4 is 22.8 Å². The molecule has 184 valence electrons. The molecule has 0 bridgehead atoms. The predicted octanol–water partition coefficient (Wildman–Crippen LogP) is 4.03. The number of methoxy groups -OCH3 is 1. The Morgan fingerprint density at radius 1 is 1.17 bits per heavy atom. The minimum absolute atomic E-state index is 0.0207. The van der Waals surface area contributed by atoms with Crippen molar-refractivity contribution < 1.29 is 23.8 Å². The van der Waals surface area contributed by atoms with Crippen LogP contribution in [0.15, 0.2) is 63.8 Å². The number of benzene rings is 2. The van der Waals surface area contributed by atoms with Crippen molar-refractivity contribution in [1.29, 1.82) is 0 Å². The van der Waals surface area contributed by atoms with Gasteiger partial charge < -0.3 is 24.1 Å². The van der Waals surface area contributed by atoms with Crippen LogP contribution >= 0.6 is 0 Å². The number of aromatic nitrogens is 1. The summed E-state index contributed by atoms with van der Waals surface area (Å²) in [5, 5.41) is 11.7. The number of para-hydroxylation sites is 1. The van der Waals surface area contributed by atoms with E-state index in [-0.39, 0.29) is 18.1 Å². The smallest absolute Gasteiger partial charge is 0.337 e. The normalized spacial score (nSPS) is 13.9. The number of ether oxygens (including phenoxy) is 1. The molecule has 1 aliphatic rings. The van der Waals surface area contributed by atoms with Gasteiger partial charge in [0.05, 0.1) is 25.1 Å². The van der Waals surface area contributed by atoms with Gasteiger partial charge in [0.25, 0.3) is 0 Å². The van der Waals surface area contributed by atoms with Gasteiger partial charge in [-0.1, -0.05) is 30.3 Å². The van der Waals surface area contributed by atoms with E-state index in [1.165, 1.54) is 24.1 Å². The molecule has 4 aromatic rings. The fourth-order valence-corrected chi connectivity index (χ4v) is 4.90. The Labute approximate surface area is 207 Å². The van der Waals surface area contributed by atoms with Crippen LogP contribution in [0.1, 0.15) is 51.0 Å². The van der Waals surface area contributed by atoms with Gasteiger partial charge in [-0.25, -0.2) is 4.79 Å². The minimum Gasteiger partial charge on any atom is -0.502 e. The number of aryl methyl sites for hydroxylation is 1. The quantitative estimate of drug-likeness (QED) is 0.412. The summed E-state index contributed by atoms with van der Waals surface area (Å²) < 4.78 is 10.5. The molecule has 5 rings (SSSR count). The molecule has 0 fully saturated rings. The SMILES string of the molecule is COC(=O)c1ccc([C@@H](CC(=O)N2CCc3c([nH]c4ccccc34)C2)c2oc(C)cc(=O)c2O)cc1. The molecule has 1 aliphatic heterocycles. The van der Waals surface area contributed by atoms with E-state index >= 15 is 0 Å². The van der Waals surface area contributed by atoms with Crippen LogP contribution in [-0.4, -0.2) is 40.5 Å². The fraction of sp³-hybridized carbons (Fsp3) is 0.250. The molecule has 36 heavy (non-hydrogen) atoms. The summed E-state index contributed by atoms with van der Waals surface area (Å²) in [5.74, 6) is -1.50. The van der Waals surface area contributed by atoms with E-state index in [0.717, 1.165) is 17.6 Å². The number of esters is 1. The molecule has 0 saturated heterocycles. The lowest BCUT2D eigenvalue weighted by molar-refractivity contribution is -0.132. The highest BCUT2D eigenvalue weighted by molar-refractivity contribution is 5.89. The summed E-state index contributed by atoms with van der Waals surface area (Å²) in [5.41, 5.74) is 3.70. The Morgan fingerprint density at radius 2 is 1.92 bits per heavy atom. The molecule has 8 nitrogen and oxygen atoms in total. The van der Waals surface area contributed by atoms with Gasteiger partial charge in [-0.05, 0) is 42.7 Å². The van der Waals surface area contributed by atoms with Crippen LogP contribution < -0.4 is 5.43 Å². The summed E-state index contributed by atoms with van der Waals surface area (Å²) in [6, 6.07) is 15.8. The van der Waals surface area contributed by atoms with Crippen molar-refractivity contribution in [2.45, 2.75) is 32.2 Å². The zero-order valence-corrected chi connectivity index (χ0v) is 20.0. The van der Waals surface area contributed by atoms with Crippen LogP contribution in [0.5, 0.6) is 5.75 Å². The molecular formula is C28H26N2O6. The number of H-pyrrole nitrogens is 1. The Bertz CT molecular complexity index is 1520. The number of amides is 1. The Morgan fingerprint density at radius 3 is 2.67 bits per heavy atom. The molecule has 0 saturated carbocycles. The number of carbonyl (C=O) groups excluding carboxylic acids is 2. The van der Waals surface area contributed by atoms with Crippen molar-refractivity contribution in [3.8, 4) is 5.75 Å². The van der Waals surface area contributed by atoms with Crippen molar-refractivity contribution in [3.63, 3.8) is 0 Å². The number of carbonyl (C=O) groups is 2. The number of rotatable bonds is 5. The van der Waals surface area contributed by atoms with Gasteiger partial charge in [-0.15, -0.1) is 0 Å². The monoisotopic (exact) mass is 486 g/mol. The van der Waals surface area contributed by atoms with Crippen molar-refractivity contribution in [2.24, 2.45) is 0 Å². The molecule has 0 unspecified atom stereocenters. The summed E-state index contributed by atoms with van der Waals surface area (Å²) >= 11 is 0. The second-order valence-corrected chi connectivity index (χ2v) is 9.00. The van der Waals surface area contributed by atoms with E-state index in [0.29, 0.717) is 30.0 Å². The summed E-state index contributed by atoms with van der Waals surface area (Å²) in [6.45, 7) is 2.62. The van der Waals surface area contributed by atoms with Gasteiger partial charge in [-0.3, -0.25) is 9.59 Å². The van der Waals surface area contributed by atoms with E-state index in [9.17, 15) is 19.5 Å². The van der Waals surface area contributed by atoms with Gasteiger partial charge in [-0.2, -0.15) is 0 Å². The number of aromatic amines is 1. The molecule has 1 atom stereocenters. The van der Waals surface area contributed by atoms with Gasteiger partial charge in [0.2, 0.25) is 17.1 Å². The predicted molar refractivity (Wildman–Crippen MR) is 133 cm³/mol. The third-order valence-corrected chi connectivity index (χ3v) is 6.74. The minimum atomic E-state index is -0.721. The standard InChI is InChI=1S/C28H26N2O6/c1-16-13-24(31)26(33)27(36-16)21(17-7-9-18(10-8-17)28(34)35-2)14-25(32)30-12-11-20-19-5-3-4-6-22(19)29-23(20)15-30/h3-10,13,21,29,33H,11-12,14-15H2,1-2H3/t21-/m1/s1. The zero-order chi connectivity index (χ0) is 25.4. The number of nitrogens with zero attached hydrogens (tertiary/aromatic N) is 1. The van der Waals surface area contributed by atoms with Crippen LogP contribution in [0, 0.1) is 6.92 Å². The Kier molecular flexibility index (Phi) is 6.10. The van der Waals surface area contributed by atoms with Gasteiger partial charge in [0, 0.05) is 35.6 Å². The second-order valence-electron chi connectivity index (χ2n) is 9.00. The van der Waals surface area contributed by atoms with E-state index in [1.54, 1.807) is 36.1 Å². The lowest BCUT2D eigenvalue weighted by Gasteiger charge is -2.29. The second kappa shape index (κ2) is 9.37. The van der Waals surface area contributed by atoms with Gasteiger partial charge >= 0.3 is 5.97 Å². The van der Waals surface area contributed by atoms with Crippen LogP contribution in [-0.2, 0) is 22.5 Å². The summed E-state index contributed by atoms with van der Waals surface area (Å²) in [6.07, 6.45) is 0.710. The largest absolute Gasteiger partial charge is 0.502 e. The number of hydrogen-bond donors (Lipinski definition) is 2. The molecule has 0 aliphatic carbocycles. The molecule has 3 heterocycles. The first-order chi connectivity index (χ1) is 17.4. The average Bonchev–Trinajstić information content (AvgIpc) is 3.27. The highest BCUT2D eigenvalue weighted by Gasteiger charge is 2.30. The lowest BCUT2D eigenvalue weighted by Crippen LogP contribution is -2.36. The number of aromatic hydroxyl groups is 1. The third-order valence-electron chi connectivity index (χ3n) is 6.74. The molecule has 0 spiro atoms. The molecule has 0 radical (unpaired) electrons. The lowest BCUT2D eigenvalue weighted by atomic mass is 9.90. The molecule has 2 N–H and O–H groups in total. The van der Waals surface area contributed by atoms with Crippen LogP contribution in [0.4, 0.5) is 0 Å². The van der Waals surface area contributed by atoms with Gasteiger partial charge in [0.1, 0.15) is 5.76 Å². The number of hydrogen-bond acceptors (Lipinski definition) is 6. The molecule has 2 aromatic heterocycles. The maximum atomic E-state index is 13.5. The first kappa shape index (κ1) is 23.4. The average molecular weight is 487 g/mol. The highest BCUT2D eigenvalue weighted by atomic mass is 16.5. The van der Waals surface area contributed by atoms with Crippen LogP contribution in [0.2, 0.25) is 0 Å². The first-order valence-electron chi connectivity index (χ1n) is 11.7. The maximum absolute atomic E-state index is 13.5. The highest BCUT2D eigenvalue weighted by Crippen LogP contribution is 2.35.